The Hall–Kier alpha value is -2.15. The van der Waals surface area contributed by atoms with Gasteiger partial charge in [0.05, 0.1) is 18.6 Å². The lowest BCUT2D eigenvalue weighted by atomic mass is 9.89. The summed E-state index contributed by atoms with van der Waals surface area (Å²) < 4.78 is 5.98. The average molecular weight is 318 g/mol. The van der Waals surface area contributed by atoms with Gasteiger partial charge in [0.15, 0.2) is 0 Å². The quantitative estimate of drug-likeness (QED) is 0.854. The topological polar surface area (TPSA) is 88.8 Å². The first kappa shape index (κ1) is 15.7. The molecule has 7 nitrogen and oxygen atoms in total. The van der Waals surface area contributed by atoms with Crippen molar-refractivity contribution < 1.29 is 14.3 Å². The largest absolute Gasteiger partial charge is 0.371 e. The van der Waals surface area contributed by atoms with Crippen LogP contribution in [0.5, 0.6) is 0 Å². The molecular weight excluding hydrogens is 296 g/mol. The van der Waals surface area contributed by atoms with Crippen molar-refractivity contribution in [3.05, 3.63) is 30.1 Å². The molecule has 23 heavy (non-hydrogen) atoms. The summed E-state index contributed by atoms with van der Waals surface area (Å²) in [6.07, 6.45) is 5.21. The number of piperidine rings is 1. The van der Waals surface area contributed by atoms with Gasteiger partial charge in [-0.1, -0.05) is 6.07 Å². The van der Waals surface area contributed by atoms with Crippen LogP contribution in [0.15, 0.2) is 24.5 Å². The van der Waals surface area contributed by atoms with E-state index in [-0.39, 0.29) is 17.5 Å². The van der Waals surface area contributed by atoms with Crippen LogP contribution in [0.1, 0.15) is 18.4 Å². The molecule has 124 valence electrons. The Morgan fingerprint density at radius 1 is 1.26 bits per heavy atom. The molecule has 3 heterocycles. The summed E-state index contributed by atoms with van der Waals surface area (Å²) in [4.78, 5) is 31.3. The number of hydrogen-bond donors (Lipinski definition) is 1. The van der Waals surface area contributed by atoms with Crippen molar-refractivity contribution in [2.45, 2.75) is 24.9 Å². The highest BCUT2D eigenvalue weighted by Crippen LogP contribution is 2.30. The number of pyridine rings is 1. The Morgan fingerprint density at radius 3 is 2.70 bits per heavy atom. The molecule has 2 aliphatic rings. The lowest BCUT2D eigenvalue weighted by molar-refractivity contribution is -0.157. The van der Waals surface area contributed by atoms with Crippen LogP contribution in [0.3, 0.4) is 0 Å². The van der Waals surface area contributed by atoms with Gasteiger partial charge in [-0.3, -0.25) is 9.78 Å². The van der Waals surface area contributed by atoms with Crippen LogP contribution in [-0.4, -0.2) is 65.1 Å². The number of carbonyl (C=O) groups excluding carboxylic acids is 2. The number of carbonyl (C=O) groups is 2. The van der Waals surface area contributed by atoms with Gasteiger partial charge in [-0.2, -0.15) is 0 Å². The third-order valence-electron chi connectivity index (χ3n) is 4.67. The van der Waals surface area contributed by atoms with Crippen molar-refractivity contribution in [2.75, 3.05) is 32.8 Å². The summed E-state index contributed by atoms with van der Waals surface area (Å²) in [5, 5.41) is 0. The number of morpholine rings is 1. The maximum atomic E-state index is 12.5. The number of nitrogens with two attached hydrogens (primary N) is 1. The average Bonchev–Trinajstić information content (AvgIpc) is 2.56. The zero-order valence-electron chi connectivity index (χ0n) is 13.1. The van der Waals surface area contributed by atoms with Gasteiger partial charge < -0.3 is 20.3 Å². The molecule has 0 saturated carbocycles. The molecule has 0 aliphatic carbocycles. The maximum absolute atomic E-state index is 12.5. The second-order valence-electron chi connectivity index (χ2n) is 6.21. The van der Waals surface area contributed by atoms with Gasteiger partial charge in [-0.25, -0.2) is 4.79 Å². The molecule has 1 spiro atoms. The predicted octanol–water partition coefficient (Wildman–Crippen LogP) is 0.396. The van der Waals surface area contributed by atoms with Gasteiger partial charge in [0.2, 0.25) is 5.91 Å². The highest BCUT2D eigenvalue weighted by Gasteiger charge is 2.41. The number of hydrogen-bond acceptors (Lipinski definition) is 4. The van der Waals surface area contributed by atoms with Crippen LogP contribution >= 0.6 is 0 Å². The first-order chi connectivity index (χ1) is 11.1. The molecule has 0 bridgehead atoms. The first-order valence-corrected chi connectivity index (χ1v) is 7.93. The van der Waals surface area contributed by atoms with Crippen LogP contribution in [0, 0.1) is 0 Å². The molecule has 1 aromatic heterocycles. The number of amides is 3. The fourth-order valence-electron chi connectivity index (χ4n) is 3.28. The number of nitrogens with zero attached hydrogens (tertiary/aromatic N) is 3. The molecule has 2 N–H and O–H groups in total. The van der Waals surface area contributed by atoms with Crippen molar-refractivity contribution >= 4 is 11.9 Å². The Kier molecular flexibility index (Phi) is 4.47. The van der Waals surface area contributed by atoms with Crippen LogP contribution in [-0.2, 0) is 16.0 Å². The summed E-state index contributed by atoms with van der Waals surface area (Å²) in [6, 6.07) is 3.36. The van der Waals surface area contributed by atoms with Crippen molar-refractivity contribution in [3.63, 3.8) is 0 Å². The number of urea groups is 1. The molecule has 1 aromatic rings. The standard InChI is InChI=1S/C16H22N4O3/c17-15(22)19-6-3-16(4-7-19)12-20(8-9-23-16)14(21)10-13-2-1-5-18-11-13/h1-2,5,11H,3-4,6-10,12H2,(H2,17,22). The van der Waals surface area contributed by atoms with Gasteiger partial charge in [0, 0.05) is 38.6 Å². The number of primary amides is 1. The van der Waals surface area contributed by atoms with E-state index in [4.69, 9.17) is 10.5 Å². The van der Waals surface area contributed by atoms with Gasteiger partial charge in [0.25, 0.3) is 0 Å². The molecule has 0 aromatic carbocycles. The second-order valence-corrected chi connectivity index (χ2v) is 6.21. The molecule has 0 radical (unpaired) electrons. The first-order valence-electron chi connectivity index (χ1n) is 7.93. The van der Waals surface area contributed by atoms with E-state index in [0.717, 1.165) is 5.56 Å². The van der Waals surface area contributed by atoms with E-state index < -0.39 is 0 Å². The molecule has 0 unspecified atom stereocenters. The molecule has 2 aliphatic heterocycles. The van der Waals surface area contributed by atoms with Crippen molar-refractivity contribution in [1.29, 1.82) is 0 Å². The molecule has 2 fully saturated rings. The molecule has 2 saturated heterocycles. The number of ether oxygens (including phenoxy) is 1. The van der Waals surface area contributed by atoms with Gasteiger partial charge >= 0.3 is 6.03 Å². The third-order valence-corrected chi connectivity index (χ3v) is 4.67. The van der Waals surface area contributed by atoms with E-state index in [2.05, 4.69) is 4.98 Å². The highest BCUT2D eigenvalue weighted by molar-refractivity contribution is 5.79. The summed E-state index contributed by atoms with van der Waals surface area (Å²) in [7, 11) is 0. The van der Waals surface area contributed by atoms with Crippen LogP contribution in [0.25, 0.3) is 0 Å². The minimum Gasteiger partial charge on any atom is -0.371 e. The van der Waals surface area contributed by atoms with Gasteiger partial charge in [-0.05, 0) is 24.5 Å². The predicted molar refractivity (Wildman–Crippen MR) is 83.6 cm³/mol. The Labute approximate surface area is 135 Å². The van der Waals surface area contributed by atoms with Crippen LogP contribution in [0.2, 0.25) is 0 Å². The minimum absolute atomic E-state index is 0.0954. The Bertz CT molecular complexity index is 570. The monoisotopic (exact) mass is 318 g/mol. The fourth-order valence-corrected chi connectivity index (χ4v) is 3.28. The fraction of sp³-hybridized carbons (Fsp3) is 0.562. The number of rotatable bonds is 2. The Balaban J connectivity index is 1.60. The SMILES string of the molecule is NC(=O)N1CCC2(CC1)CN(C(=O)Cc1cccnc1)CCO2. The zero-order valence-corrected chi connectivity index (χ0v) is 13.1. The summed E-state index contributed by atoms with van der Waals surface area (Å²) >= 11 is 0. The van der Waals surface area contributed by atoms with E-state index in [1.54, 1.807) is 17.3 Å². The van der Waals surface area contributed by atoms with Crippen LogP contribution < -0.4 is 5.73 Å². The lowest BCUT2D eigenvalue weighted by Crippen LogP contribution is -2.59. The summed E-state index contributed by atoms with van der Waals surface area (Å²) in [6.45, 7) is 2.90. The van der Waals surface area contributed by atoms with E-state index >= 15 is 0 Å². The smallest absolute Gasteiger partial charge is 0.314 e. The normalized spacial score (nSPS) is 20.5. The molecule has 0 atom stereocenters. The van der Waals surface area contributed by atoms with Crippen molar-refractivity contribution in [3.8, 4) is 0 Å². The van der Waals surface area contributed by atoms with Crippen LogP contribution in [0.4, 0.5) is 4.79 Å². The lowest BCUT2D eigenvalue weighted by Gasteiger charge is -2.47. The molecular formula is C16H22N4O3. The van der Waals surface area contributed by atoms with Crippen molar-refractivity contribution in [1.82, 2.24) is 14.8 Å². The highest BCUT2D eigenvalue weighted by atomic mass is 16.5. The summed E-state index contributed by atoms with van der Waals surface area (Å²) in [5.74, 6) is 0.0954. The van der Waals surface area contributed by atoms with E-state index in [0.29, 0.717) is 52.0 Å². The molecule has 3 rings (SSSR count). The zero-order chi connectivity index (χ0) is 16.3. The third kappa shape index (κ3) is 3.61. The Morgan fingerprint density at radius 2 is 2.04 bits per heavy atom. The van der Waals surface area contributed by atoms with Gasteiger partial charge in [-0.15, -0.1) is 0 Å². The summed E-state index contributed by atoms with van der Waals surface area (Å²) in [5.41, 5.74) is 5.90. The van der Waals surface area contributed by atoms with Crippen molar-refractivity contribution in [2.24, 2.45) is 5.73 Å². The van der Waals surface area contributed by atoms with E-state index in [9.17, 15) is 9.59 Å². The van der Waals surface area contributed by atoms with E-state index in [1.165, 1.54) is 0 Å². The van der Waals surface area contributed by atoms with E-state index in [1.807, 2.05) is 17.0 Å². The maximum Gasteiger partial charge on any atom is 0.314 e. The number of aromatic nitrogens is 1. The molecule has 7 heteroatoms. The number of likely N-dealkylation sites (tertiary alicyclic amines) is 1. The second kappa shape index (κ2) is 6.54. The van der Waals surface area contributed by atoms with Gasteiger partial charge in [0.1, 0.15) is 0 Å². The minimum atomic E-state index is -0.389. The molecule has 3 amide bonds.